The molecule has 0 aromatic heterocycles. The van der Waals surface area contributed by atoms with E-state index in [4.69, 9.17) is 5.73 Å². The van der Waals surface area contributed by atoms with E-state index in [2.05, 4.69) is 5.32 Å². The van der Waals surface area contributed by atoms with Crippen LogP contribution in [0.5, 0.6) is 0 Å². The zero-order valence-corrected chi connectivity index (χ0v) is 13.2. The van der Waals surface area contributed by atoms with Gasteiger partial charge in [-0.2, -0.15) is 13.2 Å². The van der Waals surface area contributed by atoms with Crippen molar-refractivity contribution in [2.45, 2.75) is 50.7 Å². The summed E-state index contributed by atoms with van der Waals surface area (Å²) in [4.78, 5) is 12.3. The highest BCUT2D eigenvalue weighted by Gasteiger charge is 2.35. The van der Waals surface area contributed by atoms with E-state index in [0.717, 1.165) is 37.8 Å². The second kappa shape index (κ2) is 6.91. The third kappa shape index (κ3) is 4.47. The lowest BCUT2D eigenvalue weighted by molar-refractivity contribution is -0.137. The second-order valence-corrected chi connectivity index (χ2v) is 6.48. The van der Waals surface area contributed by atoms with Crippen LogP contribution in [-0.2, 0) is 17.4 Å². The van der Waals surface area contributed by atoms with Gasteiger partial charge in [-0.15, -0.1) is 0 Å². The quantitative estimate of drug-likeness (QED) is 0.871. The van der Waals surface area contributed by atoms with Crippen LogP contribution in [0, 0.1) is 5.92 Å². The number of hydrogen-bond donors (Lipinski definition) is 2. The average Bonchev–Trinajstić information content (AvgIpc) is 2.96. The lowest BCUT2D eigenvalue weighted by Gasteiger charge is -2.30. The Kier molecular flexibility index (Phi) is 5.34. The summed E-state index contributed by atoms with van der Waals surface area (Å²) in [5, 5.41) is 3.05. The first-order valence-electron chi connectivity index (χ1n) is 7.94. The number of amides is 1. The first-order chi connectivity index (χ1) is 10.8. The molecule has 1 aromatic rings. The number of carbonyl (C=O) groups is 1. The molecule has 6 heteroatoms. The lowest BCUT2D eigenvalue weighted by atomic mass is 9.94. The standard InChI is InChI=1S/C17H23F3N2O/c1-12(15(23)22-16(11-21)8-2-3-9-16)10-13-4-6-14(7-5-13)17(18,19)20/h4-7,12H,2-3,8-11,21H2,1H3,(H,22,23). The Labute approximate surface area is 134 Å². The minimum atomic E-state index is -4.34. The third-order valence-corrected chi connectivity index (χ3v) is 4.61. The van der Waals surface area contributed by atoms with E-state index >= 15 is 0 Å². The van der Waals surface area contributed by atoms with Gasteiger partial charge in [0.15, 0.2) is 0 Å². The van der Waals surface area contributed by atoms with E-state index in [9.17, 15) is 18.0 Å². The Hall–Kier alpha value is -1.56. The molecular formula is C17H23F3N2O. The number of hydrogen-bond acceptors (Lipinski definition) is 2. The maximum absolute atomic E-state index is 12.5. The third-order valence-electron chi connectivity index (χ3n) is 4.61. The molecule has 0 radical (unpaired) electrons. The fraction of sp³-hybridized carbons (Fsp3) is 0.588. The number of carbonyl (C=O) groups excluding carboxylic acids is 1. The van der Waals surface area contributed by atoms with Gasteiger partial charge in [0.1, 0.15) is 0 Å². The summed E-state index contributed by atoms with van der Waals surface area (Å²) in [6, 6.07) is 4.97. The molecular weight excluding hydrogens is 305 g/mol. The molecule has 3 N–H and O–H groups in total. The van der Waals surface area contributed by atoms with Crippen molar-refractivity contribution in [1.82, 2.24) is 5.32 Å². The molecule has 0 bridgehead atoms. The maximum Gasteiger partial charge on any atom is 0.416 e. The molecule has 0 spiro atoms. The Morgan fingerprint density at radius 2 is 1.83 bits per heavy atom. The van der Waals surface area contributed by atoms with Crippen LogP contribution in [0.3, 0.4) is 0 Å². The number of nitrogens with two attached hydrogens (primary N) is 1. The molecule has 1 aliphatic carbocycles. The molecule has 1 amide bonds. The van der Waals surface area contributed by atoms with E-state index in [0.29, 0.717) is 18.5 Å². The second-order valence-electron chi connectivity index (χ2n) is 6.48. The van der Waals surface area contributed by atoms with Crippen LogP contribution < -0.4 is 11.1 Å². The van der Waals surface area contributed by atoms with Gasteiger partial charge in [0.05, 0.1) is 11.1 Å². The van der Waals surface area contributed by atoms with Crippen molar-refractivity contribution < 1.29 is 18.0 Å². The molecule has 2 rings (SSSR count). The van der Waals surface area contributed by atoms with Crippen molar-refractivity contribution in [2.24, 2.45) is 11.7 Å². The van der Waals surface area contributed by atoms with Gasteiger partial charge in [0.25, 0.3) is 0 Å². The fourth-order valence-corrected chi connectivity index (χ4v) is 3.09. The molecule has 1 fully saturated rings. The maximum atomic E-state index is 12.5. The first kappa shape index (κ1) is 17.8. The zero-order chi connectivity index (χ0) is 17.1. The summed E-state index contributed by atoms with van der Waals surface area (Å²) in [5.74, 6) is -0.395. The van der Waals surface area contributed by atoms with E-state index in [1.54, 1.807) is 6.92 Å². The van der Waals surface area contributed by atoms with Crippen LogP contribution in [-0.4, -0.2) is 18.0 Å². The summed E-state index contributed by atoms with van der Waals surface area (Å²) in [5.41, 5.74) is 5.55. The molecule has 1 unspecified atom stereocenters. The Morgan fingerprint density at radius 3 is 2.30 bits per heavy atom. The van der Waals surface area contributed by atoms with Gasteiger partial charge < -0.3 is 11.1 Å². The number of alkyl halides is 3. The molecule has 23 heavy (non-hydrogen) atoms. The minimum Gasteiger partial charge on any atom is -0.349 e. The van der Waals surface area contributed by atoms with E-state index < -0.39 is 11.7 Å². The van der Waals surface area contributed by atoms with Crippen molar-refractivity contribution in [2.75, 3.05) is 6.54 Å². The van der Waals surface area contributed by atoms with Crippen molar-refractivity contribution in [1.29, 1.82) is 0 Å². The highest BCUT2D eigenvalue weighted by molar-refractivity contribution is 5.79. The summed E-state index contributed by atoms with van der Waals surface area (Å²) in [6.45, 7) is 2.21. The van der Waals surface area contributed by atoms with Crippen molar-refractivity contribution >= 4 is 5.91 Å². The summed E-state index contributed by atoms with van der Waals surface area (Å²) >= 11 is 0. The average molecular weight is 328 g/mol. The highest BCUT2D eigenvalue weighted by Crippen LogP contribution is 2.30. The van der Waals surface area contributed by atoms with Crippen molar-refractivity contribution in [3.63, 3.8) is 0 Å². The van der Waals surface area contributed by atoms with Crippen LogP contribution in [0.1, 0.15) is 43.7 Å². The predicted molar refractivity (Wildman–Crippen MR) is 82.7 cm³/mol. The molecule has 1 saturated carbocycles. The Balaban J connectivity index is 1.95. The molecule has 128 valence electrons. The number of nitrogens with one attached hydrogen (secondary N) is 1. The smallest absolute Gasteiger partial charge is 0.349 e. The Morgan fingerprint density at radius 1 is 1.26 bits per heavy atom. The van der Waals surface area contributed by atoms with Crippen LogP contribution in [0.4, 0.5) is 13.2 Å². The van der Waals surface area contributed by atoms with Gasteiger partial charge in [-0.1, -0.05) is 31.9 Å². The van der Waals surface area contributed by atoms with Gasteiger partial charge >= 0.3 is 6.18 Å². The zero-order valence-electron chi connectivity index (χ0n) is 13.2. The van der Waals surface area contributed by atoms with Crippen LogP contribution in [0.25, 0.3) is 0 Å². The molecule has 0 aliphatic heterocycles. The van der Waals surface area contributed by atoms with Crippen LogP contribution >= 0.6 is 0 Å². The number of benzene rings is 1. The summed E-state index contributed by atoms with van der Waals surface area (Å²) in [7, 11) is 0. The molecule has 3 nitrogen and oxygen atoms in total. The Bertz CT molecular complexity index is 534. The SMILES string of the molecule is CC(Cc1ccc(C(F)(F)F)cc1)C(=O)NC1(CN)CCCC1. The van der Waals surface area contributed by atoms with Crippen molar-refractivity contribution in [3.8, 4) is 0 Å². The summed E-state index contributed by atoms with van der Waals surface area (Å²) in [6.07, 6.45) is -0.0257. The minimum absolute atomic E-state index is 0.0859. The van der Waals surface area contributed by atoms with Crippen LogP contribution in [0.15, 0.2) is 24.3 Å². The molecule has 0 saturated heterocycles. The topological polar surface area (TPSA) is 55.1 Å². The van der Waals surface area contributed by atoms with Gasteiger partial charge in [-0.05, 0) is 37.0 Å². The monoisotopic (exact) mass is 328 g/mol. The number of rotatable bonds is 5. The highest BCUT2D eigenvalue weighted by atomic mass is 19.4. The van der Waals surface area contributed by atoms with Gasteiger partial charge in [0.2, 0.25) is 5.91 Å². The predicted octanol–water partition coefficient (Wildman–Crippen LogP) is 3.27. The molecule has 1 aliphatic rings. The summed E-state index contributed by atoms with van der Waals surface area (Å²) < 4.78 is 37.6. The number of halogens is 3. The lowest BCUT2D eigenvalue weighted by Crippen LogP contribution is -2.53. The normalized spacial score (nSPS) is 18.7. The first-order valence-corrected chi connectivity index (χ1v) is 7.94. The van der Waals surface area contributed by atoms with E-state index in [1.165, 1.54) is 12.1 Å². The molecule has 0 heterocycles. The fourth-order valence-electron chi connectivity index (χ4n) is 3.09. The largest absolute Gasteiger partial charge is 0.416 e. The van der Waals surface area contributed by atoms with Crippen LogP contribution in [0.2, 0.25) is 0 Å². The van der Waals surface area contributed by atoms with Gasteiger partial charge in [-0.3, -0.25) is 4.79 Å². The van der Waals surface area contributed by atoms with Gasteiger partial charge in [0, 0.05) is 12.5 Å². The van der Waals surface area contributed by atoms with Gasteiger partial charge in [-0.25, -0.2) is 0 Å². The van der Waals surface area contributed by atoms with Crippen molar-refractivity contribution in [3.05, 3.63) is 35.4 Å². The molecule has 1 aromatic carbocycles. The van der Waals surface area contributed by atoms with E-state index in [-0.39, 0.29) is 17.4 Å². The van der Waals surface area contributed by atoms with E-state index in [1.807, 2.05) is 0 Å². The molecule has 1 atom stereocenters.